The van der Waals surface area contributed by atoms with E-state index in [-0.39, 0.29) is 11.6 Å². The predicted octanol–water partition coefficient (Wildman–Crippen LogP) is 3.85. The monoisotopic (exact) mass is 340 g/mol. The number of nitrogens with one attached hydrogen (secondary N) is 1. The summed E-state index contributed by atoms with van der Waals surface area (Å²) in [7, 11) is 0. The highest BCUT2D eigenvalue weighted by Crippen LogP contribution is 2.30. The molecule has 0 spiro atoms. The fourth-order valence-electron chi connectivity index (χ4n) is 2.75. The fraction of sp³-hybridized carbons (Fsp3) is 0.263. The Bertz CT molecular complexity index is 833. The summed E-state index contributed by atoms with van der Waals surface area (Å²) in [4.78, 5) is 8.54. The van der Waals surface area contributed by atoms with Crippen molar-refractivity contribution in [2.24, 2.45) is 5.73 Å². The Morgan fingerprint density at radius 2 is 2.04 bits per heavy atom. The third kappa shape index (κ3) is 3.56. The van der Waals surface area contributed by atoms with Gasteiger partial charge in [-0.15, -0.1) is 0 Å². The lowest BCUT2D eigenvalue weighted by atomic mass is 9.87. The van der Waals surface area contributed by atoms with Gasteiger partial charge in [-0.1, -0.05) is 23.7 Å². The molecule has 2 heterocycles. The Morgan fingerprint density at radius 1 is 1.21 bits per heavy atom. The Morgan fingerprint density at radius 3 is 2.79 bits per heavy atom. The molecule has 0 bridgehead atoms. The Kier molecular flexibility index (Phi) is 4.81. The van der Waals surface area contributed by atoms with Crippen LogP contribution in [-0.4, -0.2) is 15.5 Å². The van der Waals surface area contributed by atoms with Crippen LogP contribution in [0, 0.1) is 0 Å². The topological polar surface area (TPSA) is 63.8 Å². The quantitative estimate of drug-likeness (QED) is 0.740. The Labute approximate surface area is 147 Å². The lowest BCUT2D eigenvalue weighted by Gasteiger charge is -2.34. The molecule has 3 aromatic rings. The van der Waals surface area contributed by atoms with Crippen molar-refractivity contribution < 1.29 is 0 Å². The molecule has 5 heteroatoms. The molecule has 0 aliphatic carbocycles. The van der Waals surface area contributed by atoms with Crippen LogP contribution < -0.4 is 11.1 Å². The molecule has 1 atom stereocenters. The lowest BCUT2D eigenvalue weighted by Crippen LogP contribution is -2.48. The first-order chi connectivity index (χ1) is 11.5. The van der Waals surface area contributed by atoms with Crippen molar-refractivity contribution in [2.75, 3.05) is 0 Å². The van der Waals surface area contributed by atoms with Gasteiger partial charge in [0.15, 0.2) is 0 Å². The van der Waals surface area contributed by atoms with E-state index in [1.807, 2.05) is 42.6 Å². The summed E-state index contributed by atoms with van der Waals surface area (Å²) in [5.41, 5.74) is 9.34. The van der Waals surface area contributed by atoms with Gasteiger partial charge in [0.25, 0.3) is 0 Å². The van der Waals surface area contributed by atoms with Gasteiger partial charge in [-0.05, 0) is 49.2 Å². The minimum atomic E-state index is -0.302. The van der Waals surface area contributed by atoms with E-state index < -0.39 is 0 Å². The minimum absolute atomic E-state index is 0.194. The maximum absolute atomic E-state index is 6.60. The molecule has 124 valence electrons. The summed E-state index contributed by atoms with van der Waals surface area (Å²) in [6.45, 7) is 4.93. The smallest absolute Gasteiger partial charge is 0.0720 e. The van der Waals surface area contributed by atoms with E-state index in [0.717, 1.165) is 22.0 Å². The predicted molar refractivity (Wildman–Crippen MR) is 98.8 cm³/mol. The Balaban J connectivity index is 1.85. The zero-order valence-electron chi connectivity index (χ0n) is 13.8. The van der Waals surface area contributed by atoms with Crippen molar-refractivity contribution in [2.45, 2.75) is 32.0 Å². The van der Waals surface area contributed by atoms with Gasteiger partial charge in [-0.3, -0.25) is 9.97 Å². The molecule has 24 heavy (non-hydrogen) atoms. The summed E-state index contributed by atoms with van der Waals surface area (Å²) in [6, 6.07) is 11.5. The minimum Gasteiger partial charge on any atom is -0.322 e. The highest BCUT2D eigenvalue weighted by molar-refractivity contribution is 6.31. The van der Waals surface area contributed by atoms with Gasteiger partial charge < -0.3 is 11.1 Å². The van der Waals surface area contributed by atoms with Gasteiger partial charge >= 0.3 is 0 Å². The van der Waals surface area contributed by atoms with Gasteiger partial charge in [-0.25, -0.2) is 0 Å². The molecule has 0 aliphatic heterocycles. The lowest BCUT2D eigenvalue weighted by molar-refractivity contribution is 0.322. The average Bonchev–Trinajstić information content (AvgIpc) is 2.59. The van der Waals surface area contributed by atoms with E-state index in [0.29, 0.717) is 11.6 Å². The van der Waals surface area contributed by atoms with Crippen LogP contribution in [0.3, 0.4) is 0 Å². The first-order valence-electron chi connectivity index (χ1n) is 7.91. The van der Waals surface area contributed by atoms with Crippen LogP contribution in [0.4, 0.5) is 0 Å². The number of hydrogen-bond acceptors (Lipinski definition) is 4. The maximum Gasteiger partial charge on any atom is 0.0720 e. The van der Waals surface area contributed by atoms with E-state index in [9.17, 15) is 0 Å². The molecular weight excluding hydrogens is 320 g/mol. The van der Waals surface area contributed by atoms with E-state index in [2.05, 4.69) is 29.1 Å². The number of aromatic nitrogens is 2. The first kappa shape index (κ1) is 16.8. The molecule has 3 N–H and O–H groups in total. The van der Waals surface area contributed by atoms with Crippen molar-refractivity contribution >= 4 is 22.5 Å². The van der Waals surface area contributed by atoms with Crippen molar-refractivity contribution in [1.29, 1.82) is 0 Å². The molecule has 1 unspecified atom stereocenters. The molecule has 0 saturated carbocycles. The number of benzene rings is 1. The van der Waals surface area contributed by atoms with Gasteiger partial charge in [0.1, 0.15) is 0 Å². The fourth-order valence-corrected chi connectivity index (χ4v) is 2.91. The van der Waals surface area contributed by atoms with Crippen molar-refractivity contribution in [1.82, 2.24) is 15.3 Å². The van der Waals surface area contributed by atoms with Crippen LogP contribution in [-0.2, 0) is 6.54 Å². The van der Waals surface area contributed by atoms with Gasteiger partial charge in [-0.2, -0.15) is 0 Å². The molecule has 0 saturated heterocycles. The SMILES string of the molecule is CC(C)(NCc1cccnc1)C(N)c1ccnc2cc(Cl)ccc12. The van der Waals surface area contributed by atoms with Crippen LogP contribution in [0.25, 0.3) is 10.9 Å². The molecule has 4 nitrogen and oxygen atoms in total. The molecule has 0 amide bonds. The normalized spacial score (nSPS) is 13.2. The Hall–Kier alpha value is -2.01. The highest BCUT2D eigenvalue weighted by Gasteiger charge is 2.28. The summed E-state index contributed by atoms with van der Waals surface area (Å²) in [5, 5.41) is 5.25. The van der Waals surface area contributed by atoms with Crippen molar-refractivity contribution in [3.8, 4) is 0 Å². The summed E-state index contributed by atoms with van der Waals surface area (Å²) < 4.78 is 0. The number of pyridine rings is 2. The number of rotatable bonds is 5. The number of nitrogens with two attached hydrogens (primary N) is 1. The van der Waals surface area contributed by atoms with E-state index >= 15 is 0 Å². The molecule has 1 aromatic carbocycles. The second kappa shape index (κ2) is 6.85. The number of hydrogen-bond donors (Lipinski definition) is 2. The standard InChI is InChI=1S/C19H21ClN4/c1-19(2,24-12-13-4-3-8-22-11-13)18(21)16-7-9-23-17-10-14(20)5-6-15(16)17/h3-11,18,24H,12,21H2,1-2H3. The van der Waals surface area contributed by atoms with Crippen LogP contribution >= 0.6 is 11.6 Å². The maximum atomic E-state index is 6.60. The largest absolute Gasteiger partial charge is 0.322 e. The van der Waals surface area contributed by atoms with Gasteiger partial charge in [0.2, 0.25) is 0 Å². The molecule has 0 aliphatic rings. The zero-order chi connectivity index (χ0) is 17.2. The third-order valence-electron chi connectivity index (χ3n) is 4.32. The molecular formula is C19H21ClN4. The first-order valence-corrected chi connectivity index (χ1v) is 8.29. The molecule has 0 radical (unpaired) electrons. The molecule has 2 aromatic heterocycles. The average molecular weight is 341 g/mol. The van der Waals surface area contributed by atoms with Crippen molar-refractivity contribution in [3.63, 3.8) is 0 Å². The summed E-state index contributed by atoms with van der Waals surface area (Å²) in [5.74, 6) is 0. The number of halogens is 1. The third-order valence-corrected chi connectivity index (χ3v) is 4.56. The van der Waals surface area contributed by atoms with Gasteiger partial charge in [0, 0.05) is 47.1 Å². The van der Waals surface area contributed by atoms with Gasteiger partial charge in [0.05, 0.1) is 5.52 Å². The second-order valence-corrected chi connectivity index (χ2v) is 6.91. The van der Waals surface area contributed by atoms with Crippen molar-refractivity contribution in [3.05, 3.63) is 71.1 Å². The van der Waals surface area contributed by atoms with Crippen LogP contribution in [0.1, 0.15) is 31.0 Å². The van der Waals surface area contributed by atoms with Crippen LogP contribution in [0.5, 0.6) is 0 Å². The number of fused-ring (bicyclic) bond motifs is 1. The van der Waals surface area contributed by atoms with Crippen LogP contribution in [0.2, 0.25) is 5.02 Å². The summed E-state index contributed by atoms with van der Waals surface area (Å²) in [6.07, 6.45) is 5.41. The van der Waals surface area contributed by atoms with Crippen LogP contribution in [0.15, 0.2) is 55.0 Å². The van der Waals surface area contributed by atoms with E-state index in [4.69, 9.17) is 17.3 Å². The summed E-state index contributed by atoms with van der Waals surface area (Å²) >= 11 is 6.07. The zero-order valence-corrected chi connectivity index (χ0v) is 14.6. The molecule has 3 rings (SSSR count). The molecule has 0 fully saturated rings. The van der Waals surface area contributed by atoms with E-state index in [1.54, 1.807) is 12.4 Å². The second-order valence-electron chi connectivity index (χ2n) is 6.48. The highest BCUT2D eigenvalue weighted by atomic mass is 35.5. The van der Waals surface area contributed by atoms with E-state index in [1.165, 1.54) is 0 Å². The number of nitrogens with zero attached hydrogens (tertiary/aromatic N) is 2.